The minimum Gasteiger partial charge on any atom is -0.376 e. The number of carbonyl (C=O) groups is 1. The number of aromatic nitrogens is 2. The lowest BCUT2D eigenvalue weighted by Gasteiger charge is -2.39. The van der Waals surface area contributed by atoms with Gasteiger partial charge >= 0.3 is 0 Å². The summed E-state index contributed by atoms with van der Waals surface area (Å²) in [5.74, 6) is 0.200. The number of hydrogen-bond donors (Lipinski definition) is 2. The number of aromatic amines is 1. The maximum atomic E-state index is 12.4. The number of fused-ring (bicyclic) bond motifs is 2. The summed E-state index contributed by atoms with van der Waals surface area (Å²) in [6, 6.07) is 0. The Hall–Kier alpha value is -1.93. The predicted octanol–water partition coefficient (Wildman–Crippen LogP) is 0.354. The Labute approximate surface area is 152 Å². The van der Waals surface area contributed by atoms with E-state index < -0.39 is 0 Å². The average Bonchev–Trinajstić information content (AvgIpc) is 3.25. The molecule has 0 radical (unpaired) electrons. The number of ether oxygens (including phenoxy) is 2. The highest BCUT2D eigenvalue weighted by Crippen LogP contribution is 2.44. The van der Waals surface area contributed by atoms with Crippen LogP contribution < -0.4 is 11.3 Å². The lowest BCUT2D eigenvalue weighted by Crippen LogP contribution is -2.46. The Kier molecular flexibility index (Phi) is 4.71. The van der Waals surface area contributed by atoms with Gasteiger partial charge in [-0.25, -0.2) is 4.98 Å². The monoisotopic (exact) mass is 362 g/mol. The van der Waals surface area contributed by atoms with Gasteiger partial charge in [0.1, 0.15) is 6.61 Å². The van der Waals surface area contributed by atoms with E-state index in [0.29, 0.717) is 19.7 Å². The van der Waals surface area contributed by atoms with E-state index in [1.807, 2.05) is 4.90 Å². The van der Waals surface area contributed by atoms with Gasteiger partial charge in [-0.3, -0.25) is 14.6 Å². The number of amides is 1. The molecule has 0 saturated carbocycles. The van der Waals surface area contributed by atoms with E-state index in [4.69, 9.17) is 15.2 Å². The second-order valence-corrected chi connectivity index (χ2v) is 7.59. The van der Waals surface area contributed by atoms with Crippen LogP contribution in [0, 0.1) is 0 Å². The van der Waals surface area contributed by atoms with Crippen molar-refractivity contribution in [3.8, 4) is 0 Å². The maximum absolute atomic E-state index is 12.4. The molecular formula is C18H26N4O4. The summed E-state index contributed by atoms with van der Waals surface area (Å²) in [4.78, 5) is 33.4. The zero-order valence-electron chi connectivity index (χ0n) is 15.0. The highest BCUT2D eigenvalue weighted by atomic mass is 16.5. The normalized spacial score (nSPS) is 24.2. The van der Waals surface area contributed by atoms with Crippen molar-refractivity contribution < 1.29 is 14.3 Å². The van der Waals surface area contributed by atoms with Gasteiger partial charge in [-0.2, -0.15) is 0 Å². The highest BCUT2D eigenvalue weighted by Gasteiger charge is 2.44. The molecule has 8 nitrogen and oxygen atoms in total. The first-order valence-corrected chi connectivity index (χ1v) is 9.44. The average molecular weight is 362 g/mol. The number of carbonyl (C=O) groups excluding carboxylic acids is 1. The molecule has 1 aliphatic carbocycles. The van der Waals surface area contributed by atoms with Crippen molar-refractivity contribution in [2.75, 3.05) is 38.6 Å². The Morgan fingerprint density at radius 2 is 2.19 bits per heavy atom. The molecule has 1 atom stereocenters. The van der Waals surface area contributed by atoms with Gasteiger partial charge in [0.15, 0.2) is 0 Å². The summed E-state index contributed by atoms with van der Waals surface area (Å²) < 4.78 is 11.0. The van der Waals surface area contributed by atoms with Crippen LogP contribution in [-0.4, -0.2) is 59.8 Å². The minimum absolute atomic E-state index is 0.0226. The number of hydrogen-bond acceptors (Lipinski definition) is 6. The summed E-state index contributed by atoms with van der Waals surface area (Å²) in [6.07, 6.45) is 5.47. The van der Waals surface area contributed by atoms with E-state index in [0.717, 1.165) is 56.4 Å². The molecule has 26 heavy (non-hydrogen) atoms. The molecule has 2 aliphatic heterocycles. The van der Waals surface area contributed by atoms with Crippen LogP contribution in [0.15, 0.2) is 4.79 Å². The zero-order chi connectivity index (χ0) is 18.1. The van der Waals surface area contributed by atoms with Gasteiger partial charge in [-0.05, 0) is 38.5 Å². The number of nitrogens with zero attached hydrogens (tertiary/aromatic N) is 2. The second-order valence-electron chi connectivity index (χ2n) is 7.59. The summed E-state index contributed by atoms with van der Waals surface area (Å²) in [7, 11) is 0. The van der Waals surface area contributed by atoms with Crippen LogP contribution in [0.3, 0.4) is 0 Å². The second kappa shape index (κ2) is 7.00. The fourth-order valence-electron chi connectivity index (χ4n) is 4.48. The lowest BCUT2D eigenvalue weighted by atomic mass is 9.76. The molecule has 3 aliphatic rings. The fraction of sp³-hybridized carbons (Fsp3) is 0.722. The number of nitrogen functional groups attached to an aromatic ring is 1. The third-order valence-corrected chi connectivity index (χ3v) is 6.02. The summed E-state index contributed by atoms with van der Waals surface area (Å²) in [5.41, 5.74) is 7.12. The number of likely N-dealkylation sites (tertiary alicyclic amines) is 1. The number of nitrogens with one attached hydrogen (secondary N) is 1. The van der Waals surface area contributed by atoms with Crippen molar-refractivity contribution in [2.45, 2.75) is 50.0 Å². The van der Waals surface area contributed by atoms with E-state index in [1.54, 1.807) is 0 Å². The smallest absolute Gasteiger partial charge is 0.255 e. The minimum atomic E-state index is -0.120. The molecule has 1 amide bonds. The van der Waals surface area contributed by atoms with Crippen LogP contribution in [0.25, 0.3) is 0 Å². The van der Waals surface area contributed by atoms with Crippen LogP contribution in [0.2, 0.25) is 0 Å². The molecule has 0 aromatic carbocycles. The lowest BCUT2D eigenvalue weighted by molar-refractivity contribution is -0.138. The summed E-state index contributed by atoms with van der Waals surface area (Å²) >= 11 is 0. The van der Waals surface area contributed by atoms with Crippen molar-refractivity contribution in [3.05, 3.63) is 21.6 Å². The van der Waals surface area contributed by atoms with Crippen molar-refractivity contribution in [1.82, 2.24) is 14.9 Å². The first kappa shape index (κ1) is 17.5. The molecule has 142 valence electrons. The van der Waals surface area contributed by atoms with Crippen LogP contribution in [0.4, 0.5) is 5.95 Å². The van der Waals surface area contributed by atoms with Crippen LogP contribution in [-0.2, 0) is 26.1 Å². The molecule has 2 saturated heterocycles. The molecule has 4 rings (SSSR count). The Morgan fingerprint density at radius 1 is 1.38 bits per heavy atom. The van der Waals surface area contributed by atoms with Gasteiger partial charge < -0.3 is 20.1 Å². The summed E-state index contributed by atoms with van der Waals surface area (Å²) in [5, 5.41) is 0. The predicted molar refractivity (Wildman–Crippen MR) is 94.9 cm³/mol. The van der Waals surface area contributed by atoms with Gasteiger partial charge in [0, 0.05) is 30.7 Å². The molecule has 0 bridgehead atoms. The van der Waals surface area contributed by atoms with Crippen LogP contribution >= 0.6 is 0 Å². The number of rotatable bonds is 4. The highest BCUT2D eigenvalue weighted by molar-refractivity contribution is 5.77. The van der Waals surface area contributed by atoms with Gasteiger partial charge in [0.05, 0.1) is 18.4 Å². The number of H-pyrrole nitrogens is 1. The molecule has 3 N–H and O–H groups in total. The molecular weight excluding hydrogens is 336 g/mol. The third kappa shape index (κ3) is 3.23. The number of piperidine rings is 1. The standard InChI is InChI=1S/C18H26N4O4/c19-17-20-15-13(16(24)21-17)3-4-18(15)5-7-22(8-6-18)14(23)11-25-10-12-2-1-9-26-12/h12H,1-11H2,(H3,19,20,21,24). The third-order valence-electron chi connectivity index (χ3n) is 6.02. The largest absolute Gasteiger partial charge is 0.376 e. The van der Waals surface area contributed by atoms with Crippen LogP contribution in [0.1, 0.15) is 43.4 Å². The first-order valence-electron chi connectivity index (χ1n) is 9.44. The molecule has 8 heteroatoms. The Morgan fingerprint density at radius 3 is 2.92 bits per heavy atom. The molecule has 1 unspecified atom stereocenters. The Balaban J connectivity index is 1.33. The van der Waals surface area contributed by atoms with Crippen molar-refractivity contribution >= 4 is 11.9 Å². The molecule has 1 aromatic heterocycles. The maximum Gasteiger partial charge on any atom is 0.255 e. The van der Waals surface area contributed by atoms with Crippen molar-refractivity contribution in [1.29, 1.82) is 0 Å². The van der Waals surface area contributed by atoms with Gasteiger partial charge in [0.25, 0.3) is 5.56 Å². The van der Waals surface area contributed by atoms with Gasteiger partial charge in [-0.15, -0.1) is 0 Å². The number of nitrogens with two attached hydrogens (primary N) is 1. The molecule has 1 spiro atoms. The Bertz CT molecular complexity index is 733. The van der Waals surface area contributed by atoms with Gasteiger partial charge in [0.2, 0.25) is 11.9 Å². The molecule has 1 aromatic rings. The summed E-state index contributed by atoms with van der Waals surface area (Å²) in [6.45, 7) is 2.71. The van der Waals surface area contributed by atoms with Crippen molar-refractivity contribution in [3.63, 3.8) is 0 Å². The zero-order valence-corrected chi connectivity index (χ0v) is 15.0. The van der Waals surface area contributed by atoms with Gasteiger partial charge in [-0.1, -0.05) is 0 Å². The SMILES string of the molecule is Nc1nc2c(c(=O)[nH]1)CCC21CCN(C(=O)COCC2CCCO2)CC1. The van der Waals surface area contributed by atoms with Crippen molar-refractivity contribution in [2.24, 2.45) is 0 Å². The molecule has 2 fully saturated rings. The van der Waals surface area contributed by atoms with E-state index in [1.165, 1.54) is 0 Å². The fourth-order valence-corrected chi connectivity index (χ4v) is 4.48. The van der Waals surface area contributed by atoms with E-state index in [2.05, 4.69) is 9.97 Å². The quantitative estimate of drug-likeness (QED) is 0.800. The van der Waals surface area contributed by atoms with E-state index in [9.17, 15) is 9.59 Å². The topological polar surface area (TPSA) is 111 Å². The number of anilines is 1. The van der Waals surface area contributed by atoms with E-state index >= 15 is 0 Å². The first-order chi connectivity index (χ1) is 12.6. The molecule has 3 heterocycles. The van der Waals surface area contributed by atoms with E-state index in [-0.39, 0.29) is 35.5 Å². The van der Waals surface area contributed by atoms with Crippen LogP contribution in [0.5, 0.6) is 0 Å².